The Morgan fingerprint density at radius 1 is 1.33 bits per heavy atom. The van der Waals surface area contributed by atoms with E-state index in [0.29, 0.717) is 0 Å². The normalized spacial score (nSPS) is 26.0. The van der Waals surface area contributed by atoms with Crippen molar-refractivity contribution in [3.8, 4) is 0 Å². The summed E-state index contributed by atoms with van der Waals surface area (Å²) in [5.41, 5.74) is 2.91. The van der Waals surface area contributed by atoms with E-state index in [4.69, 9.17) is 4.74 Å². The molecule has 1 heterocycles. The second-order valence-electron chi connectivity index (χ2n) is 5.91. The maximum Gasteiger partial charge on any atom is 0.335 e. The van der Waals surface area contributed by atoms with Gasteiger partial charge >= 0.3 is 5.97 Å². The number of hydrogen-bond acceptors (Lipinski definition) is 3. The molecule has 0 radical (unpaired) electrons. The van der Waals surface area contributed by atoms with Crippen LogP contribution in [0.3, 0.4) is 0 Å². The van der Waals surface area contributed by atoms with Crippen molar-refractivity contribution >= 4 is 11.9 Å². The van der Waals surface area contributed by atoms with E-state index in [1.165, 1.54) is 0 Å². The lowest BCUT2D eigenvalue weighted by Gasteiger charge is -2.40. The minimum atomic E-state index is -1.01. The largest absolute Gasteiger partial charge is 0.479 e. The van der Waals surface area contributed by atoms with Gasteiger partial charge in [-0.3, -0.25) is 4.79 Å². The molecule has 1 aliphatic heterocycles. The molecule has 1 N–H and O–H groups in total. The summed E-state index contributed by atoms with van der Waals surface area (Å²) in [7, 11) is 0. The molecule has 0 bridgehead atoms. The minimum Gasteiger partial charge on any atom is -0.479 e. The lowest BCUT2D eigenvalue weighted by Crippen LogP contribution is -2.52. The van der Waals surface area contributed by atoms with Crippen LogP contribution in [-0.4, -0.2) is 40.6 Å². The van der Waals surface area contributed by atoms with Crippen LogP contribution in [0.15, 0.2) is 18.2 Å². The SMILES string of the molecule is Cc1ccc(C)c(C2C(C(=O)O)OCC(=O)N2C2CC2)c1. The van der Waals surface area contributed by atoms with Gasteiger partial charge in [0.15, 0.2) is 6.10 Å². The predicted molar refractivity (Wildman–Crippen MR) is 75.9 cm³/mol. The van der Waals surface area contributed by atoms with Gasteiger partial charge in [-0.2, -0.15) is 0 Å². The van der Waals surface area contributed by atoms with Crippen LogP contribution in [-0.2, 0) is 14.3 Å². The number of carboxylic acids is 1. The van der Waals surface area contributed by atoms with E-state index in [-0.39, 0.29) is 18.6 Å². The first-order valence-electron chi connectivity index (χ1n) is 7.22. The van der Waals surface area contributed by atoms with Crippen molar-refractivity contribution in [1.29, 1.82) is 0 Å². The first-order chi connectivity index (χ1) is 9.99. The van der Waals surface area contributed by atoms with Crippen LogP contribution >= 0.6 is 0 Å². The highest BCUT2D eigenvalue weighted by Crippen LogP contribution is 2.40. The maximum absolute atomic E-state index is 12.2. The first-order valence-corrected chi connectivity index (χ1v) is 7.22. The van der Waals surface area contributed by atoms with Gasteiger partial charge in [0.05, 0.1) is 6.04 Å². The lowest BCUT2D eigenvalue weighted by molar-refractivity contribution is -0.174. The van der Waals surface area contributed by atoms with Gasteiger partial charge < -0.3 is 14.7 Å². The smallest absolute Gasteiger partial charge is 0.335 e. The van der Waals surface area contributed by atoms with Crippen molar-refractivity contribution in [1.82, 2.24) is 4.90 Å². The summed E-state index contributed by atoms with van der Waals surface area (Å²) in [6.07, 6.45) is 0.891. The van der Waals surface area contributed by atoms with Gasteiger partial charge in [-0.25, -0.2) is 4.79 Å². The highest BCUT2D eigenvalue weighted by molar-refractivity contribution is 5.83. The first kappa shape index (κ1) is 14.1. The van der Waals surface area contributed by atoms with Gasteiger partial charge in [0, 0.05) is 6.04 Å². The summed E-state index contributed by atoms with van der Waals surface area (Å²) in [5.74, 6) is -1.13. The van der Waals surface area contributed by atoms with E-state index < -0.39 is 18.1 Å². The monoisotopic (exact) mass is 289 g/mol. The molecule has 2 fully saturated rings. The number of aryl methyl sites for hydroxylation is 2. The second-order valence-corrected chi connectivity index (χ2v) is 5.91. The second kappa shape index (κ2) is 5.15. The third-order valence-corrected chi connectivity index (χ3v) is 4.20. The molecule has 0 spiro atoms. The molecule has 1 aromatic rings. The van der Waals surface area contributed by atoms with Crippen molar-refractivity contribution in [3.05, 3.63) is 34.9 Å². The Morgan fingerprint density at radius 2 is 2.05 bits per heavy atom. The van der Waals surface area contributed by atoms with Gasteiger partial charge in [-0.1, -0.05) is 23.8 Å². The summed E-state index contributed by atoms with van der Waals surface area (Å²) in [5, 5.41) is 9.47. The fourth-order valence-electron chi connectivity index (χ4n) is 3.01. The zero-order valence-corrected chi connectivity index (χ0v) is 12.2. The van der Waals surface area contributed by atoms with Crippen LogP contribution in [0.2, 0.25) is 0 Å². The Morgan fingerprint density at radius 3 is 2.67 bits per heavy atom. The molecule has 1 saturated heterocycles. The molecule has 2 aliphatic rings. The molecule has 3 rings (SSSR count). The van der Waals surface area contributed by atoms with Crippen molar-refractivity contribution < 1.29 is 19.4 Å². The number of carbonyl (C=O) groups excluding carboxylic acids is 1. The molecule has 1 aromatic carbocycles. The Bertz CT molecular complexity index is 594. The lowest BCUT2D eigenvalue weighted by atomic mass is 9.92. The molecule has 1 saturated carbocycles. The molecule has 1 amide bonds. The maximum atomic E-state index is 12.2. The van der Waals surface area contributed by atoms with Crippen LogP contribution < -0.4 is 0 Å². The molecule has 2 unspecified atom stereocenters. The van der Waals surface area contributed by atoms with E-state index >= 15 is 0 Å². The van der Waals surface area contributed by atoms with Crippen LogP contribution in [0.4, 0.5) is 0 Å². The fourth-order valence-corrected chi connectivity index (χ4v) is 3.01. The number of carboxylic acid groups (broad SMARTS) is 1. The molecular weight excluding hydrogens is 270 g/mol. The predicted octanol–water partition coefficient (Wildman–Crippen LogP) is 1.82. The molecule has 5 nitrogen and oxygen atoms in total. The van der Waals surface area contributed by atoms with Gasteiger partial charge in [0.1, 0.15) is 6.61 Å². The molecule has 5 heteroatoms. The average Bonchev–Trinajstić information content (AvgIpc) is 3.25. The number of morpholine rings is 1. The van der Waals surface area contributed by atoms with Crippen LogP contribution in [0.1, 0.15) is 35.6 Å². The molecule has 2 atom stereocenters. The van der Waals surface area contributed by atoms with Gasteiger partial charge in [0.2, 0.25) is 5.91 Å². The Kier molecular flexibility index (Phi) is 3.45. The van der Waals surface area contributed by atoms with Crippen molar-refractivity contribution in [2.45, 2.75) is 44.9 Å². The summed E-state index contributed by atoms with van der Waals surface area (Å²) < 4.78 is 5.33. The third kappa shape index (κ3) is 2.53. The van der Waals surface area contributed by atoms with Crippen LogP contribution in [0.25, 0.3) is 0 Å². The van der Waals surface area contributed by atoms with Crippen molar-refractivity contribution in [2.75, 3.05) is 6.61 Å². The van der Waals surface area contributed by atoms with E-state index in [0.717, 1.165) is 29.5 Å². The molecule has 1 aliphatic carbocycles. The van der Waals surface area contributed by atoms with Crippen molar-refractivity contribution in [2.24, 2.45) is 0 Å². The zero-order valence-electron chi connectivity index (χ0n) is 12.2. The topological polar surface area (TPSA) is 66.8 Å². The minimum absolute atomic E-state index is 0.110. The summed E-state index contributed by atoms with van der Waals surface area (Å²) >= 11 is 0. The number of rotatable bonds is 3. The number of carbonyl (C=O) groups is 2. The van der Waals surface area contributed by atoms with E-state index in [2.05, 4.69) is 0 Å². The number of nitrogens with zero attached hydrogens (tertiary/aromatic N) is 1. The molecule has 112 valence electrons. The Hall–Kier alpha value is -1.88. The number of benzene rings is 1. The molecule has 21 heavy (non-hydrogen) atoms. The summed E-state index contributed by atoms with van der Waals surface area (Å²) in [6, 6.07) is 5.55. The quantitative estimate of drug-likeness (QED) is 0.921. The summed E-state index contributed by atoms with van der Waals surface area (Å²) in [4.78, 5) is 25.5. The number of hydrogen-bond donors (Lipinski definition) is 1. The van der Waals surface area contributed by atoms with Crippen LogP contribution in [0.5, 0.6) is 0 Å². The standard InChI is InChI=1S/C16H19NO4/c1-9-3-4-10(2)12(7-9)14-15(16(19)20)21-8-13(18)17(14)11-5-6-11/h3-4,7,11,14-15H,5-6,8H2,1-2H3,(H,19,20). The van der Waals surface area contributed by atoms with Gasteiger partial charge in [-0.05, 0) is 37.8 Å². The average molecular weight is 289 g/mol. The van der Waals surface area contributed by atoms with E-state index in [1.54, 1.807) is 4.90 Å². The number of aliphatic carboxylic acids is 1. The van der Waals surface area contributed by atoms with Gasteiger partial charge in [0.25, 0.3) is 0 Å². The number of ether oxygens (including phenoxy) is 1. The molecular formula is C16H19NO4. The fraction of sp³-hybridized carbons (Fsp3) is 0.500. The Labute approximate surface area is 123 Å². The highest BCUT2D eigenvalue weighted by Gasteiger charge is 2.47. The number of amides is 1. The van der Waals surface area contributed by atoms with E-state index in [1.807, 2.05) is 32.0 Å². The molecule has 0 aromatic heterocycles. The highest BCUT2D eigenvalue weighted by atomic mass is 16.5. The zero-order chi connectivity index (χ0) is 15.1. The van der Waals surface area contributed by atoms with E-state index in [9.17, 15) is 14.7 Å². The summed E-state index contributed by atoms with van der Waals surface area (Å²) in [6.45, 7) is 3.76. The Balaban J connectivity index is 2.08. The van der Waals surface area contributed by atoms with Crippen LogP contribution in [0, 0.1) is 13.8 Å². The van der Waals surface area contributed by atoms with Gasteiger partial charge in [-0.15, -0.1) is 0 Å². The third-order valence-electron chi connectivity index (χ3n) is 4.20. The van der Waals surface area contributed by atoms with Crippen molar-refractivity contribution in [3.63, 3.8) is 0 Å².